The topological polar surface area (TPSA) is 29.5 Å². The van der Waals surface area contributed by atoms with E-state index in [1.165, 1.54) is 0 Å². The lowest BCUT2D eigenvalue weighted by Crippen LogP contribution is -2.38. The second-order valence-electron chi connectivity index (χ2n) is 5.51. The molecule has 3 heteroatoms. The molecule has 0 saturated heterocycles. The van der Waals surface area contributed by atoms with Crippen molar-refractivity contribution in [3.05, 3.63) is 61.2 Å². The van der Waals surface area contributed by atoms with Gasteiger partial charge in [-0.05, 0) is 26.3 Å². The Morgan fingerprint density at radius 3 is 2.35 bits per heavy atom. The first kappa shape index (κ1) is 16.0. The van der Waals surface area contributed by atoms with E-state index in [0.29, 0.717) is 6.54 Å². The highest BCUT2D eigenvalue weighted by atomic mass is 16.6. The number of hydrogen-bond donors (Lipinski definition) is 0. The van der Waals surface area contributed by atoms with E-state index in [1.807, 2.05) is 51.1 Å². The van der Waals surface area contributed by atoms with Crippen LogP contribution < -0.4 is 0 Å². The molecule has 0 bridgehead atoms. The Morgan fingerprint density at radius 2 is 1.90 bits per heavy atom. The fraction of sp³-hybridized carbons (Fsp3) is 0.353. The molecule has 0 saturated carbocycles. The molecule has 1 amide bonds. The van der Waals surface area contributed by atoms with E-state index in [0.717, 1.165) is 5.56 Å². The maximum absolute atomic E-state index is 12.3. The van der Waals surface area contributed by atoms with Gasteiger partial charge >= 0.3 is 6.09 Å². The monoisotopic (exact) mass is 273 g/mol. The van der Waals surface area contributed by atoms with Crippen LogP contribution in [0.4, 0.5) is 4.79 Å². The Bertz CT molecular complexity index is 460. The standard InChI is InChI=1S/C17H23NO2/c1-6-13-18(16(19)20-17(3,4)5)15(7-2)14-11-9-8-10-12-14/h6-12,15H,1-2,13H2,3-5H3/t15-/m0/s1. The number of hydrogen-bond acceptors (Lipinski definition) is 2. The van der Waals surface area contributed by atoms with Gasteiger partial charge in [0.1, 0.15) is 5.60 Å². The number of carbonyl (C=O) groups is 1. The molecule has 0 heterocycles. The number of ether oxygens (including phenoxy) is 1. The summed E-state index contributed by atoms with van der Waals surface area (Å²) in [6.45, 7) is 13.5. The molecular weight excluding hydrogens is 250 g/mol. The van der Waals surface area contributed by atoms with Crippen molar-refractivity contribution in [3.63, 3.8) is 0 Å². The van der Waals surface area contributed by atoms with E-state index in [9.17, 15) is 4.79 Å². The molecule has 0 fully saturated rings. The van der Waals surface area contributed by atoms with Gasteiger partial charge in [0.25, 0.3) is 0 Å². The van der Waals surface area contributed by atoms with Crippen LogP contribution in [0.2, 0.25) is 0 Å². The van der Waals surface area contributed by atoms with Gasteiger partial charge in [0, 0.05) is 6.54 Å². The summed E-state index contributed by atoms with van der Waals surface area (Å²) in [5, 5.41) is 0. The van der Waals surface area contributed by atoms with E-state index in [-0.39, 0.29) is 12.1 Å². The van der Waals surface area contributed by atoms with E-state index in [2.05, 4.69) is 13.2 Å². The predicted molar refractivity (Wildman–Crippen MR) is 82.5 cm³/mol. The molecule has 108 valence electrons. The molecule has 1 aromatic carbocycles. The lowest BCUT2D eigenvalue weighted by Gasteiger charge is -2.31. The van der Waals surface area contributed by atoms with Crippen LogP contribution in [0.5, 0.6) is 0 Å². The van der Waals surface area contributed by atoms with Crippen molar-refractivity contribution in [2.24, 2.45) is 0 Å². The predicted octanol–water partition coefficient (Wildman–Crippen LogP) is 4.34. The number of nitrogens with zero attached hydrogens (tertiary/aromatic N) is 1. The first-order valence-corrected chi connectivity index (χ1v) is 6.67. The molecule has 0 aliphatic carbocycles. The molecule has 0 spiro atoms. The van der Waals surface area contributed by atoms with Gasteiger partial charge in [-0.1, -0.05) is 42.5 Å². The van der Waals surface area contributed by atoms with Crippen molar-refractivity contribution in [1.82, 2.24) is 4.90 Å². The third kappa shape index (κ3) is 4.57. The van der Waals surface area contributed by atoms with Crippen LogP contribution in [-0.2, 0) is 4.74 Å². The average Bonchev–Trinajstić information content (AvgIpc) is 2.38. The minimum absolute atomic E-state index is 0.232. The number of amides is 1. The van der Waals surface area contributed by atoms with Crippen molar-refractivity contribution >= 4 is 6.09 Å². The molecule has 0 radical (unpaired) electrons. The van der Waals surface area contributed by atoms with Gasteiger partial charge in [0.2, 0.25) is 0 Å². The summed E-state index contributed by atoms with van der Waals surface area (Å²) in [7, 11) is 0. The Hall–Kier alpha value is -2.03. The molecule has 0 aliphatic heterocycles. The molecule has 0 N–H and O–H groups in total. The highest BCUT2D eigenvalue weighted by Gasteiger charge is 2.26. The second kappa shape index (κ2) is 6.94. The van der Waals surface area contributed by atoms with Gasteiger partial charge in [-0.25, -0.2) is 4.79 Å². The Kier molecular flexibility index (Phi) is 5.56. The van der Waals surface area contributed by atoms with E-state index in [4.69, 9.17) is 4.74 Å². The first-order chi connectivity index (χ1) is 9.39. The summed E-state index contributed by atoms with van der Waals surface area (Å²) in [5.74, 6) is 0. The minimum Gasteiger partial charge on any atom is -0.444 e. The Balaban J connectivity index is 3.01. The first-order valence-electron chi connectivity index (χ1n) is 6.67. The SMILES string of the molecule is C=CCN(C(=O)OC(C)(C)C)[C@@H](C=C)c1ccccc1. The lowest BCUT2D eigenvalue weighted by atomic mass is 10.1. The second-order valence-corrected chi connectivity index (χ2v) is 5.51. The molecule has 3 nitrogen and oxygen atoms in total. The maximum Gasteiger partial charge on any atom is 0.411 e. The maximum atomic E-state index is 12.3. The van der Waals surface area contributed by atoms with Crippen LogP contribution in [0.3, 0.4) is 0 Å². The minimum atomic E-state index is -0.529. The largest absolute Gasteiger partial charge is 0.444 e. The van der Waals surface area contributed by atoms with Crippen molar-refractivity contribution in [2.45, 2.75) is 32.4 Å². The zero-order valence-electron chi connectivity index (χ0n) is 12.5. The normalized spacial score (nSPS) is 12.3. The molecular formula is C17H23NO2. The molecule has 0 unspecified atom stereocenters. The summed E-state index contributed by atoms with van der Waals surface area (Å²) < 4.78 is 5.45. The van der Waals surface area contributed by atoms with Gasteiger partial charge in [0.05, 0.1) is 6.04 Å². The third-order valence-corrected chi connectivity index (χ3v) is 2.65. The summed E-state index contributed by atoms with van der Waals surface area (Å²) in [5.41, 5.74) is 0.467. The molecule has 1 aromatic rings. The number of rotatable bonds is 5. The molecule has 0 aromatic heterocycles. The van der Waals surface area contributed by atoms with Crippen molar-refractivity contribution < 1.29 is 9.53 Å². The zero-order valence-corrected chi connectivity index (χ0v) is 12.5. The van der Waals surface area contributed by atoms with Gasteiger partial charge in [-0.2, -0.15) is 0 Å². The summed E-state index contributed by atoms with van der Waals surface area (Å²) in [6.07, 6.45) is 3.05. The Labute approximate surface area is 121 Å². The van der Waals surface area contributed by atoms with E-state index in [1.54, 1.807) is 17.1 Å². The zero-order chi connectivity index (χ0) is 15.2. The summed E-state index contributed by atoms with van der Waals surface area (Å²) in [4.78, 5) is 13.9. The lowest BCUT2D eigenvalue weighted by molar-refractivity contribution is 0.0222. The Morgan fingerprint density at radius 1 is 1.30 bits per heavy atom. The van der Waals surface area contributed by atoms with E-state index >= 15 is 0 Å². The van der Waals surface area contributed by atoms with Gasteiger partial charge in [-0.3, -0.25) is 4.90 Å². The van der Waals surface area contributed by atoms with Gasteiger partial charge < -0.3 is 4.74 Å². The fourth-order valence-electron chi connectivity index (χ4n) is 1.85. The third-order valence-electron chi connectivity index (χ3n) is 2.65. The van der Waals surface area contributed by atoms with Gasteiger partial charge in [-0.15, -0.1) is 13.2 Å². The van der Waals surface area contributed by atoms with Crippen LogP contribution >= 0.6 is 0 Å². The summed E-state index contributed by atoms with van der Waals surface area (Å²) >= 11 is 0. The molecule has 1 rings (SSSR count). The van der Waals surface area contributed by atoms with Crippen molar-refractivity contribution in [3.8, 4) is 0 Å². The molecule has 20 heavy (non-hydrogen) atoms. The fourth-order valence-corrected chi connectivity index (χ4v) is 1.85. The van der Waals surface area contributed by atoms with Crippen LogP contribution in [0.1, 0.15) is 32.4 Å². The average molecular weight is 273 g/mol. The van der Waals surface area contributed by atoms with E-state index < -0.39 is 5.60 Å². The smallest absolute Gasteiger partial charge is 0.411 e. The van der Waals surface area contributed by atoms with Crippen LogP contribution in [0, 0.1) is 0 Å². The molecule has 1 atom stereocenters. The van der Waals surface area contributed by atoms with Crippen molar-refractivity contribution in [1.29, 1.82) is 0 Å². The quantitative estimate of drug-likeness (QED) is 0.747. The summed E-state index contributed by atoms with van der Waals surface area (Å²) in [6, 6.07) is 9.51. The number of carbonyl (C=O) groups excluding carboxylic acids is 1. The van der Waals surface area contributed by atoms with Crippen LogP contribution in [0.25, 0.3) is 0 Å². The highest BCUT2D eigenvalue weighted by Crippen LogP contribution is 2.24. The number of benzene rings is 1. The van der Waals surface area contributed by atoms with Crippen LogP contribution in [-0.4, -0.2) is 23.1 Å². The molecule has 0 aliphatic rings. The van der Waals surface area contributed by atoms with Gasteiger partial charge in [0.15, 0.2) is 0 Å². The highest BCUT2D eigenvalue weighted by molar-refractivity contribution is 5.69. The van der Waals surface area contributed by atoms with Crippen LogP contribution in [0.15, 0.2) is 55.6 Å². The van der Waals surface area contributed by atoms with Crippen molar-refractivity contribution in [2.75, 3.05) is 6.54 Å².